The fraction of sp³-hybridized carbons (Fsp3) is 0.375. The second-order valence-corrected chi connectivity index (χ2v) is 4.85. The highest BCUT2D eigenvalue weighted by atomic mass is 16.5. The summed E-state index contributed by atoms with van der Waals surface area (Å²) in [5, 5.41) is 7.50. The molecule has 5 nitrogen and oxygen atoms in total. The number of ether oxygens (including phenoxy) is 1. The lowest BCUT2D eigenvalue weighted by Crippen LogP contribution is -2.28. The van der Waals surface area contributed by atoms with Gasteiger partial charge in [-0.25, -0.2) is 4.68 Å². The minimum Gasteiger partial charge on any atom is -0.497 e. The Hall–Kier alpha value is -2.14. The number of rotatable bonds is 6. The van der Waals surface area contributed by atoms with E-state index in [9.17, 15) is 4.79 Å². The minimum atomic E-state index is -0.0298. The number of nitrogens with zero attached hydrogens (tertiary/aromatic N) is 2. The van der Waals surface area contributed by atoms with E-state index in [-0.39, 0.29) is 5.56 Å². The van der Waals surface area contributed by atoms with Crippen molar-refractivity contribution in [2.24, 2.45) is 0 Å². The van der Waals surface area contributed by atoms with Crippen LogP contribution in [-0.2, 0) is 13.1 Å². The molecule has 0 radical (unpaired) electrons. The average molecular weight is 287 g/mol. The van der Waals surface area contributed by atoms with E-state index < -0.39 is 0 Å². The maximum Gasteiger partial charge on any atom is 0.271 e. The number of hydrogen-bond acceptors (Lipinski definition) is 4. The summed E-state index contributed by atoms with van der Waals surface area (Å²) in [5.74, 6) is 0.776. The molecular formula is C16H21N3O2. The topological polar surface area (TPSA) is 56.1 Å². The van der Waals surface area contributed by atoms with Gasteiger partial charge in [0.1, 0.15) is 5.75 Å². The lowest BCUT2D eigenvalue weighted by molar-refractivity contribution is 0.415. The van der Waals surface area contributed by atoms with Crippen LogP contribution >= 0.6 is 0 Å². The van der Waals surface area contributed by atoms with Crippen LogP contribution in [0.15, 0.2) is 35.1 Å². The molecule has 0 saturated carbocycles. The van der Waals surface area contributed by atoms with Crippen molar-refractivity contribution in [1.82, 2.24) is 15.1 Å². The molecule has 1 aromatic carbocycles. The molecule has 0 bridgehead atoms. The summed E-state index contributed by atoms with van der Waals surface area (Å²) in [6.45, 7) is 3.18. The number of aryl methyl sites for hydroxylation is 1. The summed E-state index contributed by atoms with van der Waals surface area (Å²) in [5.41, 5.74) is 2.42. The Bertz CT molecular complexity index is 635. The Kier molecular flexibility index (Phi) is 5.11. The van der Waals surface area contributed by atoms with Crippen LogP contribution in [0, 0.1) is 0 Å². The van der Waals surface area contributed by atoms with Gasteiger partial charge in [-0.05, 0) is 31.7 Å². The molecule has 21 heavy (non-hydrogen) atoms. The third-order valence-corrected chi connectivity index (χ3v) is 3.22. The van der Waals surface area contributed by atoms with Crippen molar-refractivity contribution in [3.05, 3.63) is 46.2 Å². The van der Waals surface area contributed by atoms with Gasteiger partial charge in [-0.1, -0.05) is 19.1 Å². The van der Waals surface area contributed by atoms with E-state index in [4.69, 9.17) is 4.74 Å². The van der Waals surface area contributed by atoms with Crippen LogP contribution in [-0.4, -0.2) is 23.9 Å². The highest BCUT2D eigenvalue weighted by Crippen LogP contribution is 2.22. The molecule has 0 unspecified atom stereocenters. The van der Waals surface area contributed by atoms with E-state index in [0.717, 1.165) is 29.0 Å². The van der Waals surface area contributed by atoms with E-state index in [1.165, 1.54) is 0 Å². The smallest absolute Gasteiger partial charge is 0.271 e. The van der Waals surface area contributed by atoms with Crippen LogP contribution in [0.5, 0.6) is 5.75 Å². The van der Waals surface area contributed by atoms with E-state index in [0.29, 0.717) is 13.1 Å². The van der Waals surface area contributed by atoms with Gasteiger partial charge in [-0.15, -0.1) is 0 Å². The second-order valence-electron chi connectivity index (χ2n) is 4.85. The van der Waals surface area contributed by atoms with Gasteiger partial charge in [0, 0.05) is 24.2 Å². The number of aromatic nitrogens is 2. The average Bonchev–Trinajstić information content (AvgIpc) is 2.51. The fourth-order valence-corrected chi connectivity index (χ4v) is 2.20. The molecule has 1 N–H and O–H groups in total. The zero-order valence-electron chi connectivity index (χ0n) is 12.7. The molecule has 0 spiro atoms. The first-order chi connectivity index (χ1) is 10.2. The summed E-state index contributed by atoms with van der Waals surface area (Å²) in [4.78, 5) is 12.3. The molecule has 112 valence electrons. The quantitative estimate of drug-likeness (QED) is 0.883. The summed E-state index contributed by atoms with van der Waals surface area (Å²) in [6.07, 6.45) is 0.869. The normalized spacial score (nSPS) is 10.6. The predicted octanol–water partition coefficient (Wildman–Crippen LogP) is 2.05. The number of nitrogens with one attached hydrogen (secondary N) is 1. The van der Waals surface area contributed by atoms with E-state index in [1.54, 1.807) is 11.8 Å². The van der Waals surface area contributed by atoms with Crippen LogP contribution in [0.1, 0.15) is 18.9 Å². The molecule has 2 aromatic rings. The van der Waals surface area contributed by atoms with Crippen molar-refractivity contribution < 1.29 is 4.74 Å². The first kappa shape index (κ1) is 15.3. The van der Waals surface area contributed by atoms with Gasteiger partial charge in [0.15, 0.2) is 0 Å². The van der Waals surface area contributed by atoms with Crippen molar-refractivity contribution in [3.8, 4) is 17.0 Å². The SMILES string of the molecule is CCCn1nc(-c2cccc(OC)c2)cc(CNC)c1=O. The van der Waals surface area contributed by atoms with Crippen LogP contribution in [0.3, 0.4) is 0 Å². The van der Waals surface area contributed by atoms with Crippen LogP contribution < -0.4 is 15.6 Å². The van der Waals surface area contributed by atoms with Crippen LogP contribution in [0.2, 0.25) is 0 Å². The largest absolute Gasteiger partial charge is 0.497 e. The highest BCUT2D eigenvalue weighted by Gasteiger charge is 2.09. The monoisotopic (exact) mass is 287 g/mol. The summed E-state index contributed by atoms with van der Waals surface area (Å²) in [6, 6.07) is 9.55. The third kappa shape index (κ3) is 3.49. The third-order valence-electron chi connectivity index (χ3n) is 3.22. The molecule has 1 heterocycles. The highest BCUT2D eigenvalue weighted by molar-refractivity contribution is 5.61. The summed E-state index contributed by atoms with van der Waals surface area (Å²) >= 11 is 0. The first-order valence-electron chi connectivity index (χ1n) is 7.09. The van der Waals surface area contributed by atoms with E-state index in [2.05, 4.69) is 10.4 Å². The van der Waals surface area contributed by atoms with E-state index in [1.807, 2.05) is 44.3 Å². The van der Waals surface area contributed by atoms with Gasteiger partial charge in [-0.2, -0.15) is 5.10 Å². The van der Waals surface area contributed by atoms with Crippen LogP contribution in [0.4, 0.5) is 0 Å². The zero-order valence-corrected chi connectivity index (χ0v) is 12.7. The van der Waals surface area contributed by atoms with Crippen molar-refractivity contribution >= 4 is 0 Å². The number of hydrogen-bond donors (Lipinski definition) is 1. The molecule has 5 heteroatoms. The predicted molar refractivity (Wildman–Crippen MR) is 83.5 cm³/mol. The van der Waals surface area contributed by atoms with Gasteiger partial charge in [0.05, 0.1) is 12.8 Å². The molecule has 0 aliphatic carbocycles. The van der Waals surface area contributed by atoms with Crippen molar-refractivity contribution in [2.75, 3.05) is 14.2 Å². The number of methoxy groups -OCH3 is 1. The van der Waals surface area contributed by atoms with Crippen molar-refractivity contribution in [2.45, 2.75) is 26.4 Å². The second kappa shape index (κ2) is 7.04. The Morgan fingerprint density at radius 2 is 2.14 bits per heavy atom. The Morgan fingerprint density at radius 3 is 2.81 bits per heavy atom. The summed E-state index contributed by atoms with van der Waals surface area (Å²) < 4.78 is 6.79. The molecule has 0 saturated heterocycles. The molecule has 0 aliphatic heterocycles. The maximum atomic E-state index is 12.3. The van der Waals surface area contributed by atoms with Crippen molar-refractivity contribution in [1.29, 1.82) is 0 Å². The molecule has 0 atom stereocenters. The lowest BCUT2D eigenvalue weighted by atomic mass is 10.1. The van der Waals surface area contributed by atoms with E-state index >= 15 is 0 Å². The molecule has 0 fully saturated rings. The molecular weight excluding hydrogens is 266 g/mol. The lowest BCUT2D eigenvalue weighted by Gasteiger charge is -2.10. The molecule has 0 aliphatic rings. The molecule has 1 aromatic heterocycles. The molecule has 0 amide bonds. The minimum absolute atomic E-state index is 0.0298. The van der Waals surface area contributed by atoms with Gasteiger partial charge in [-0.3, -0.25) is 4.79 Å². The Labute approximate surface area is 124 Å². The van der Waals surface area contributed by atoms with Gasteiger partial charge < -0.3 is 10.1 Å². The first-order valence-corrected chi connectivity index (χ1v) is 7.09. The molecule has 2 rings (SSSR count). The van der Waals surface area contributed by atoms with Gasteiger partial charge in [0.2, 0.25) is 0 Å². The standard InChI is InChI=1S/C16H21N3O2/c1-4-8-19-16(20)13(11-17-2)10-15(18-19)12-6-5-7-14(9-12)21-3/h5-7,9-10,17H,4,8,11H2,1-3H3. The fourth-order valence-electron chi connectivity index (χ4n) is 2.20. The Balaban J connectivity index is 2.54. The number of benzene rings is 1. The van der Waals surface area contributed by atoms with Crippen molar-refractivity contribution in [3.63, 3.8) is 0 Å². The van der Waals surface area contributed by atoms with Gasteiger partial charge >= 0.3 is 0 Å². The van der Waals surface area contributed by atoms with Gasteiger partial charge in [0.25, 0.3) is 5.56 Å². The zero-order chi connectivity index (χ0) is 15.2. The van der Waals surface area contributed by atoms with Crippen LogP contribution in [0.25, 0.3) is 11.3 Å². The Morgan fingerprint density at radius 1 is 1.33 bits per heavy atom. The summed E-state index contributed by atoms with van der Waals surface area (Å²) in [7, 11) is 3.46. The maximum absolute atomic E-state index is 12.3.